The monoisotopic (exact) mass is 324 g/mol. The predicted octanol–water partition coefficient (Wildman–Crippen LogP) is 3.55. The first-order chi connectivity index (χ1) is 11.7. The zero-order valence-electron chi connectivity index (χ0n) is 13.7. The van der Waals surface area contributed by atoms with Gasteiger partial charge in [0.25, 0.3) is 0 Å². The van der Waals surface area contributed by atoms with Crippen molar-refractivity contribution in [1.82, 2.24) is 4.98 Å². The summed E-state index contributed by atoms with van der Waals surface area (Å²) in [7, 11) is 3.28. The van der Waals surface area contributed by atoms with Crippen molar-refractivity contribution in [3.8, 4) is 17.4 Å². The topological polar surface area (TPSA) is 66.8 Å². The number of nitrogens with one attached hydrogen (secondary N) is 1. The van der Waals surface area contributed by atoms with Crippen molar-refractivity contribution in [1.29, 1.82) is 0 Å². The van der Waals surface area contributed by atoms with Gasteiger partial charge in [0.15, 0.2) is 5.88 Å². The molecule has 0 amide bonds. The van der Waals surface area contributed by atoms with Crippen molar-refractivity contribution in [3.63, 3.8) is 0 Å². The fourth-order valence-corrected chi connectivity index (χ4v) is 2.61. The second-order valence-corrected chi connectivity index (χ2v) is 5.44. The molecule has 0 atom stereocenters. The minimum Gasteiger partial charge on any atom is -0.497 e. The molecule has 1 aromatic heterocycles. The van der Waals surface area contributed by atoms with E-state index in [1.165, 1.54) is 0 Å². The number of hydrogen-bond acceptors (Lipinski definition) is 4. The molecule has 0 radical (unpaired) electrons. The van der Waals surface area contributed by atoms with Crippen molar-refractivity contribution in [2.24, 2.45) is 4.99 Å². The second-order valence-electron chi connectivity index (χ2n) is 5.44. The van der Waals surface area contributed by atoms with Gasteiger partial charge in [-0.2, -0.15) is 0 Å². The molecule has 0 bridgehead atoms. The van der Waals surface area contributed by atoms with Crippen molar-refractivity contribution in [3.05, 3.63) is 53.6 Å². The summed E-state index contributed by atoms with van der Waals surface area (Å²) in [5, 5.41) is 11.0. The lowest BCUT2D eigenvalue weighted by Crippen LogP contribution is -1.92. The van der Waals surface area contributed by atoms with E-state index in [2.05, 4.69) is 9.98 Å². The van der Waals surface area contributed by atoms with E-state index >= 15 is 0 Å². The Morgan fingerprint density at radius 3 is 2.67 bits per heavy atom. The van der Waals surface area contributed by atoms with Gasteiger partial charge in [0.1, 0.15) is 11.5 Å². The van der Waals surface area contributed by atoms with Crippen molar-refractivity contribution >= 4 is 17.1 Å². The quantitative estimate of drug-likeness (QED) is 0.681. The summed E-state index contributed by atoms with van der Waals surface area (Å²) in [6.45, 7) is 0.628. The minimum absolute atomic E-state index is 0.114. The number of methoxy groups -OCH3 is 2. The Kier molecular flexibility index (Phi) is 4.70. The van der Waals surface area contributed by atoms with E-state index < -0.39 is 0 Å². The molecule has 0 saturated carbocycles. The van der Waals surface area contributed by atoms with E-state index in [4.69, 9.17) is 9.47 Å². The van der Waals surface area contributed by atoms with E-state index in [0.29, 0.717) is 12.1 Å². The lowest BCUT2D eigenvalue weighted by atomic mass is 10.1. The molecule has 0 unspecified atom stereocenters. The molecule has 0 saturated heterocycles. The number of aromatic amines is 1. The van der Waals surface area contributed by atoms with Crippen LogP contribution in [0.4, 0.5) is 0 Å². The fourth-order valence-electron chi connectivity index (χ4n) is 2.61. The van der Waals surface area contributed by atoms with Crippen LogP contribution in [-0.4, -0.2) is 37.1 Å². The number of hydrogen-bond donors (Lipinski definition) is 2. The third kappa shape index (κ3) is 3.35. The third-order valence-corrected chi connectivity index (χ3v) is 3.91. The first-order valence-electron chi connectivity index (χ1n) is 7.72. The number of fused-ring (bicyclic) bond motifs is 1. The number of rotatable bonds is 6. The van der Waals surface area contributed by atoms with Crippen LogP contribution in [0, 0.1) is 0 Å². The molecule has 3 rings (SSSR count). The molecule has 2 N–H and O–H groups in total. The molecule has 0 aliphatic rings. The molecule has 1 heterocycles. The van der Waals surface area contributed by atoms with E-state index in [-0.39, 0.29) is 5.88 Å². The van der Waals surface area contributed by atoms with Crippen molar-refractivity contribution in [2.75, 3.05) is 20.8 Å². The van der Waals surface area contributed by atoms with Gasteiger partial charge in [-0.1, -0.05) is 12.1 Å². The highest BCUT2D eigenvalue weighted by molar-refractivity contribution is 6.02. The first kappa shape index (κ1) is 15.9. The first-order valence-corrected chi connectivity index (χ1v) is 7.72. The van der Waals surface area contributed by atoms with Gasteiger partial charge in [0.05, 0.1) is 19.8 Å². The molecule has 0 aliphatic carbocycles. The van der Waals surface area contributed by atoms with Gasteiger partial charge in [-0.25, -0.2) is 0 Å². The van der Waals surface area contributed by atoms with Crippen LogP contribution in [0.1, 0.15) is 11.1 Å². The van der Waals surface area contributed by atoms with Crippen molar-refractivity contribution in [2.45, 2.75) is 6.42 Å². The number of H-pyrrole nitrogens is 1. The van der Waals surface area contributed by atoms with Gasteiger partial charge in [0.2, 0.25) is 0 Å². The van der Waals surface area contributed by atoms with Crippen LogP contribution in [0.15, 0.2) is 47.5 Å². The summed E-state index contributed by atoms with van der Waals surface area (Å²) in [5.41, 5.74) is 2.69. The van der Waals surface area contributed by atoms with E-state index in [0.717, 1.165) is 34.4 Å². The van der Waals surface area contributed by atoms with E-state index in [1.807, 2.05) is 42.5 Å². The lowest BCUT2D eigenvalue weighted by Gasteiger charge is -2.02. The van der Waals surface area contributed by atoms with Crippen LogP contribution in [-0.2, 0) is 6.42 Å². The average molecular weight is 324 g/mol. The SMILES string of the molecule is COc1cccc(CCN=Cc2c(O)[nH]c3ccc(OC)cc23)c1. The van der Waals surface area contributed by atoms with E-state index in [1.54, 1.807) is 20.4 Å². The third-order valence-electron chi connectivity index (χ3n) is 3.91. The molecular weight excluding hydrogens is 304 g/mol. The lowest BCUT2D eigenvalue weighted by molar-refractivity contribution is 0.414. The summed E-state index contributed by atoms with van der Waals surface area (Å²) in [5.74, 6) is 1.70. The molecule has 2 aromatic carbocycles. The number of aromatic nitrogens is 1. The maximum absolute atomic E-state index is 10.1. The Hall–Kier alpha value is -2.95. The van der Waals surface area contributed by atoms with E-state index in [9.17, 15) is 5.11 Å². The maximum Gasteiger partial charge on any atom is 0.198 e. The smallest absolute Gasteiger partial charge is 0.198 e. The summed E-state index contributed by atoms with van der Waals surface area (Å²) in [6.07, 6.45) is 2.51. The standard InChI is InChI=1S/C19H20N2O3/c1-23-14-5-3-4-13(10-14)8-9-20-12-17-16-11-15(24-2)6-7-18(16)21-19(17)22/h3-7,10-12,21-22H,8-9H2,1-2H3. The average Bonchev–Trinajstić information content (AvgIpc) is 2.93. The number of ether oxygens (including phenoxy) is 2. The Labute approximate surface area is 140 Å². The molecule has 5 heteroatoms. The molecule has 24 heavy (non-hydrogen) atoms. The number of aliphatic imine (C=N–C) groups is 1. The van der Waals surface area contributed by atoms with Gasteiger partial charge < -0.3 is 19.6 Å². The second kappa shape index (κ2) is 7.08. The minimum atomic E-state index is 0.114. The Morgan fingerprint density at radius 2 is 1.88 bits per heavy atom. The van der Waals surface area contributed by atoms with Crippen LogP contribution in [0.2, 0.25) is 0 Å². The van der Waals surface area contributed by atoms with Gasteiger partial charge in [-0.3, -0.25) is 4.99 Å². The largest absolute Gasteiger partial charge is 0.497 e. The normalized spacial score (nSPS) is 11.2. The Balaban J connectivity index is 1.74. The maximum atomic E-state index is 10.1. The predicted molar refractivity (Wildman–Crippen MR) is 95.7 cm³/mol. The van der Waals surface area contributed by atoms with Crippen molar-refractivity contribution < 1.29 is 14.6 Å². The summed E-state index contributed by atoms with van der Waals surface area (Å²) in [6, 6.07) is 13.5. The molecule has 3 aromatic rings. The highest BCUT2D eigenvalue weighted by atomic mass is 16.5. The highest BCUT2D eigenvalue weighted by Gasteiger charge is 2.09. The molecule has 0 spiro atoms. The molecular formula is C19H20N2O3. The number of benzene rings is 2. The Bertz CT molecular complexity index is 868. The molecule has 124 valence electrons. The highest BCUT2D eigenvalue weighted by Crippen LogP contribution is 2.28. The molecule has 0 aliphatic heterocycles. The summed E-state index contributed by atoms with van der Waals surface area (Å²) >= 11 is 0. The number of nitrogens with zero attached hydrogens (tertiary/aromatic N) is 1. The zero-order chi connectivity index (χ0) is 16.9. The summed E-state index contributed by atoms with van der Waals surface area (Å²) in [4.78, 5) is 7.39. The molecule has 0 fully saturated rings. The zero-order valence-corrected chi connectivity index (χ0v) is 13.7. The van der Waals surface area contributed by atoms with Gasteiger partial charge >= 0.3 is 0 Å². The van der Waals surface area contributed by atoms with Gasteiger partial charge in [0, 0.05) is 23.7 Å². The van der Waals surface area contributed by atoms with Crippen LogP contribution >= 0.6 is 0 Å². The van der Waals surface area contributed by atoms with Crippen LogP contribution in [0.5, 0.6) is 17.4 Å². The van der Waals surface area contributed by atoms with Crippen LogP contribution in [0.25, 0.3) is 10.9 Å². The fraction of sp³-hybridized carbons (Fsp3) is 0.211. The van der Waals surface area contributed by atoms with Gasteiger partial charge in [-0.15, -0.1) is 0 Å². The van der Waals surface area contributed by atoms with Crippen LogP contribution in [0.3, 0.4) is 0 Å². The Morgan fingerprint density at radius 1 is 1.08 bits per heavy atom. The molecule has 5 nitrogen and oxygen atoms in total. The number of aromatic hydroxyl groups is 1. The summed E-state index contributed by atoms with van der Waals surface area (Å²) < 4.78 is 10.5. The van der Waals surface area contributed by atoms with Crippen LogP contribution < -0.4 is 9.47 Å². The van der Waals surface area contributed by atoms with Gasteiger partial charge in [-0.05, 0) is 42.3 Å².